The standard InChI is InChI=1S/C22H18ClIN4O2/c1-13-10-27(11-15-4-2-14(9-25)3-5-15)22(30)20-8-19(26-28(13)20)21-16(12-29)6-17(23)7-18(21)24/h2-8,13,29H,10-12H2,1H3/t13-/m0/s1. The minimum Gasteiger partial charge on any atom is -0.392 e. The summed E-state index contributed by atoms with van der Waals surface area (Å²) in [6.07, 6.45) is 0. The van der Waals surface area contributed by atoms with Gasteiger partial charge in [0.05, 0.1) is 30.0 Å². The molecule has 0 unspecified atom stereocenters. The molecule has 0 bridgehead atoms. The first-order valence-electron chi connectivity index (χ1n) is 9.38. The van der Waals surface area contributed by atoms with Crippen LogP contribution in [0.15, 0.2) is 42.5 Å². The average molecular weight is 533 g/mol. The molecule has 0 radical (unpaired) electrons. The molecular formula is C22H18ClIN4O2. The molecule has 1 N–H and O–H groups in total. The minimum absolute atomic E-state index is 0.00682. The zero-order valence-corrected chi connectivity index (χ0v) is 19.1. The predicted octanol–water partition coefficient (Wildman–Crippen LogP) is 4.39. The molecule has 0 saturated carbocycles. The maximum atomic E-state index is 13.2. The molecule has 1 aromatic heterocycles. The number of nitrogens with zero attached hydrogens (tertiary/aromatic N) is 4. The van der Waals surface area contributed by atoms with E-state index < -0.39 is 0 Å². The van der Waals surface area contributed by atoms with Crippen LogP contribution < -0.4 is 0 Å². The highest BCUT2D eigenvalue weighted by Gasteiger charge is 2.31. The van der Waals surface area contributed by atoms with Gasteiger partial charge in [-0.05, 0) is 71.0 Å². The summed E-state index contributed by atoms with van der Waals surface area (Å²) in [6, 6.07) is 14.7. The highest BCUT2D eigenvalue weighted by Crippen LogP contribution is 2.34. The molecule has 1 amide bonds. The van der Waals surface area contributed by atoms with Crippen molar-refractivity contribution in [1.29, 1.82) is 5.26 Å². The molecule has 0 spiro atoms. The van der Waals surface area contributed by atoms with E-state index in [1.165, 1.54) is 0 Å². The largest absolute Gasteiger partial charge is 0.392 e. The number of aliphatic hydroxyl groups excluding tert-OH is 1. The maximum Gasteiger partial charge on any atom is 0.272 e. The Bertz CT molecular complexity index is 1170. The first kappa shape index (κ1) is 20.8. The Morgan fingerprint density at radius 1 is 1.30 bits per heavy atom. The van der Waals surface area contributed by atoms with Crippen molar-refractivity contribution in [1.82, 2.24) is 14.7 Å². The van der Waals surface area contributed by atoms with Crippen molar-refractivity contribution in [3.63, 3.8) is 0 Å². The Morgan fingerprint density at radius 2 is 2.03 bits per heavy atom. The van der Waals surface area contributed by atoms with Crippen molar-refractivity contribution in [3.05, 3.63) is 73.4 Å². The van der Waals surface area contributed by atoms with E-state index in [1.54, 1.807) is 33.8 Å². The summed E-state index contributed by atoms with van der Waals surface area (Å²) in [5.74, 6) is -0.0919. The third-order valence-corrected chi connectivity index (χ3v) is 6.23. The number of hydrogen-bond donors (Lipinski definition) is 1. The summed E-state index contributed by atoms with van der Waals surface area (Å²) in [5, 5.41) is 24.0. The molecule has 0 aliphatic carbocycles. The van der Waals surface area contributed by atoms with Gasteiger partial charge in [0.25, 0.3) is 5.91 Å². The molecule has 2 heterocycles. The number of benzene rings is 2. The summed E-state index contributed by atoms with van der Waals surface area (Å²) >= 11 is 8.30. The molecule has 2 aromatic carbocycles. The zero-order valence-electron chi connectivity index (χ0n) is 16.1. The van der Waals surface area contributed by atoms with Crippen molar-refractivity contribution in [2.75, 3.05) is 6.54 Å². The fraction of sp³-hybridized carbons (Fsp3) is 0.227. The third-order valence-electron chi connectivity index (χ3n) is 5.16. The van der Waals surface area contributed by atoms with Crippen LogP contribution in [0.2, 0.25) is 5.02 Å². The molecule has 3 aromatic rings. The zero-order chi connectivity index (χ0) is 21.4. The lowest BCUT2D eigenvalue weighted by molar-refractivity contribution is 0.0651. The van der Waals surface area contributed by atoms with Gasteiger partial charge in [0, 0.05) is 27.2 Å². The number of aromatic nitrogens is 2. The highest BCUT2D eigenvalue weighted by molar-refractivity contribution is 14.1. The number of carbonyl (C=O) groups excluding carboxylic acids is 1. The summed E-state index contributed by atoms with van der Waals surface area (Å²) in [7, 11) is 0. The van der Waals surface area contributed by atoms with E-state index in [1.807, 2.05) is 25.1 Å². The number of halogens is 2. The van der Waals surface area contributed by atoms with Crippen LogP contribution in [-0.4, -0.2) is 32.2 Å². The number of carbonyl (C=O) groups is 1. The molecule has 1 atom stereocenters. The number of amides is 1. The van der Waals surface area contributed by atoms with E-state index in [9.17, 15) is 9.90 Å². The fourth-order valence-corrected chi connectivity index (χ4v) is 5.12. The van der Waals surface area contributed by atoms with Gasteiger partial charge in [0.1, 0.15) is 5.69 Å². The van der Waals surface area contributed by atoms with Crippen molar-refractivity contribution in [2.24, 2.45) is 0 Å². The molecule has 6 nitrogen and oxygen atoms in total. The molecule has 0 saturated heterocycles. The lowest BCUT2D eigenvalue weighted by atomic mass is 10.0. The van der Waals surface area contributed by atoms with Crippen LogP contribution in [0.1, 0.15) is 40.1 Å². The Hall–Kier alpha value is -2.41. The first-order chi connectivity index (χ1) is 14.4. The molecule has 1 aliphatic heterocycles. The van der Waals surface area contributed by atoms with Crippen molar-refractivity contribution in [2.45, 2.75) is 26.1 Å². The second-order valence-electron chi connectivity index (χ2n) is 7.28. The Balaban J connectivity index is 1.68. The predicted molar refractivity (Wildman–Crippen MR) is 122 cm³/mol. The van der Waals surface area contributed by atoms with Gasteiger partial charge < -0.3 is 10.0 Å². The van der Waals surface area contributed by atoms with Crippen LogP contribution >= 0.6 is 34.2 Å². The van der Waals surface area contributed by atoms with Gasteiger partial charge >= 0.3 is 0 Å². The topological polar surface area (TPSA) is 82.2 Å². The van der Waals surface area contributed by atoms with Gasteiger partial charge in [-0.3, -0.25) is 9.48 Å². The van der Waals surface area contributed by atoms with E-state index in [0.717, 1.165) is 14.7 Å². The van der Waals surface area contributed by atoms with E-state index in [0.29, 0.717) is 40.6 Å². The van der Waals surface area contributed by atoms with Crippen LogP contribution in [0.4, 0.5) is 0 Å². The number of rotatable bonds is 4. The Labute approximate surface area is 192 Å². The monoisotopic (exact) mass is 532 g/mol. The number of fused-ring (bicyclic) bond motifs is 1. The maximum absolute atomic E-state index is 13.2. The normalized spacial score (nSPS) is 15.8. The van der Waals surface area contributed by atoms with Crippen LogP contribution in [0.3, 0.4) is 0 Å². The van der Waals surface area contributed by atoms with E-state index in [-0.39, 0.29) is 18.6 Å². The molecule has 4 rings (SSSR count). The van der Waals surface area contributed by atoms with Gasteiger partial charge in [-0.1, -0.05) is 23.7 Å². The van der Waals surface area contributed by atoms with Crippen molar-refractivity contribution >= 4 is 40.1 Å². The summed E-state index contributed by atoms with van der Waals surface area (Å²) in [4.78, 5) is 15.0. The summed E-state index contributed by atoms with van der Waals surface area (Å²) in [5.41, 5.74) is 4.21. The second-order valence-corrected chi connectivity index (χ2v) is 8.88. The van der Waals surface area contributed by atoms with Gasteiger partial charge in [-0.25, -0.2) is 0 Å². The van der Waals surface area contributed by atoms with Crippen LogP contribution in [0, 0.1) is 14.9 Å². The first-order valence-corrected chi connectivity index (χ1v) is 10.8. The Kier molecular flexibility index (Phi) is 5.82. The average Bonchev–Trinajstić information content (AvgIpc) is 3.17. The van der Waals surface area contributed by atoms with Crippen molar-refractivity contribution < 1.29 is 9.90 Å². The second kappa shape index (κ2) is 8.38. The van der Waals surface area contributed by atoms with Crippen LogP contribution in [0.5, 0.6) is 0 Å². The Morgan fingerprint density at radius 3 is 2.70 bits per heavy atom. The van der Waals surface area contributed by atoms with E-state index in [4.69, 9.17) is 16.9 Å². The van der Waals surface area contributed by atoms with Gasteiger partial charge in [0.15, 0.2) is 0 Å². The van der Waals surface area contributed by atoms with Gasteiger partial charge in [-0.2, -0.15) is 10.4 Å². The van der Waals surface area contributed by atoms with Gasteiger partial charge in [0.2, 0.25) is 0 Å². The lowest BCUT2D eigenvalue weighted by Gasteiger charge is -2.31. The van der Waals surface area contributed by atoms with E-state index in [2.05, 4.69) is 33.8 Å². The van der Waals surface area contributed by atoms with Crippen molar-refractivity contribution in [3.8, 4) is 17.3 Å². The van der Waals surface area contributed by atoms with E-state index >= 15 is 0 Å². The molecule has 0 fully saturated rings. The number of nitriles is 1. The molecule has 1 aliphatic rings. The molecular weight excluding hydrogens is 515 g/mol. The smallest absolute Gasteiger partial charge is 0.272 e. The van der Waals surface area contributed by atoms with Gasteiger partial charge in [-0.15, -0.1) is 0 Å². The SMILES string of the molecule is C[C@H]1CN(Cc2ccc(C#N)cc2)C(=O)c2cc(-c3c(I)cc(Cl)cc3CO)nn21. The fourth-order valence-electron chi connectivity index (χ4n) is 3.73. The third kappa shape index (κ3) is 3.83. The van der Waals surface area contributed by atoms with Crippen LogP contribution in [-0.2, 0) is 13.2 Å². The molecule has 152 valence electrons. The summed E-state index contributed by atoms with van der Waals surface area (Å²) in [6.45, 7) is 2.87. The molecule has 8 heteroatoms. The number of hydrogen-bond acceptors (Lipinski definition) is 4. The molecule has 30 heavy (non-hydrogen) atoms. The minimum atomic E-state index is -0.164. The quantitative estimate of drug-likeness (QED) is 0.506. The lowest BCUT2D eigenvalue weighted by Crippen LogP contribution is -2.41. The number of aliphatic hydroxyl groups is 1. The summed E-state index contributed by atoms with van der Waals surface area (Å²) < 4.78 is 2.63. The highest BCUT2D eigenvalue weighted by atomic mass is 127. The van der Waals surface area contributed by atoms with Crippen LogP contribution in [0.25, 0.3) is 11.3 Å².